The van der Waals surface area contributed by atoms with Gasteiger partial charge >= 0.3 is 0 Å². The van der Waals surface area contributed by atoms with Crippen molar-refractivity contribution in [2.45, 2.75) is 31.8 Å². The van der Waals surface area contributed by atoms with Crippen molar-refractivity contribution in [2.75, 3.05) is 13.1 Å². The molecule has 1 amide bonds. The van der Waals surface area contributed by atoms with E-state index in [1.807, 2.05) is 41.3 Å². The third-order valence-corrected chi connectivity index (χ3v) is 5.10. The van der Waals surface area contributed by atoms with E-state index in [0.717, 1.165) is 10.8 Å². The Kier molecular flexibility index (Phi) is 3.15. The van der Waals surface area contributed by atoms with Crippen LogP contribution in [-0.2, 0) is 4.79 Å². The van der Waals surface area contributed by atoms with Crippen molar-refractivity contribution in [1.82, 2.24) is 4.90 Å². The summed E-state index contributed by atoms with van der Waals surface area (Å²) >= 11 is 0. The predicted octanol–water partition coefficient (Wildman–Crippen LogP) is 3.19. The molecule has 1 spiro atoms. The number of carbonyl (C=O) groups excluding carboxylic acids is 2. The molecule has 4 rings (SSSR count). The van der Waals surface area contributed by atoms with Gasteiger partial charge in [0.05, 0.1) is 12.0 Å². The Hall–Kier alpha value is -2.36. The molecule has 4 nitrogen and oxygen atoms in total. The van der Waals surface area contributed by atoms with E-state index in [2.05, 4.69) is 0 Å². The first-order valence-corrected chi connectivity index (χ1v) is 8.07. The summed E-state index contributed by atoms with van der Waals surface area (Å²) in [4.78, 5) is 26.2. The highest BCUT2D eigenvalue weighted by atomic mass is 16.5. The summed E-state index contributed by atoms with van der Waals surface area (Å²) in [6.45, 7) is 2.91. The van der Waals surface area contributed by atoms with E-state index >= 15 is 0 Å². The van der Waals surface area contributed by atoms with E-state index in [-0.39, 0.29) is 11.7 Å². The number of rotatable bonds is 0. The Bertz CT molecular complexity index is 803. The zero-order chi connectivity index (χ0) is 16.0. The van der Waals surface area contributed by atoms with Crippen molar-refractivity contribution in [3.8, 4) is 5.75 Å². The first-order chi connectivity index (χ1) is 11.1. The minimum Gasteiger partial charge on any atom is -0.486 e. The highest BCUT2D eigenvalue weighted by Gasteiger charge is 2.43. The van der Waals surface area contributed by atoms with Crippen molar-refractivity contribution in [3.05, 3.63) is 42.0 Å². The Balaban J connectivity index is 1.70. The highest BCUT2D eigenvalue weighted by molar-refractivity contribution is 6.11. The Morgan fingerprint density at radius 2 is 1.87 bits per heavy atom. The summed E-state index contributed by atoms with van der Waals surface area (Å²) in [6.07, 6.45) is 1.83. The Labute approximate surface area is 135 Å². The van der Waals surface area contributed by atoms with Gasteiger partial charge in [-0.2, -0.15) is 0 Å². The number of amides is 1. The minimum atomic E-state index is -0.446. The molecule has 23 heavy (non-hydrogen) atoms. The average molecular weight is 309 g/mol. The van der Waals surface area contributed by atoms with Crippen molar-refractivity contribution < 1.29 is 14.3 Å². The molecule has 1 fully saturated rings. The molecule has 118 valence electrons. The van der Waals surface area contributed by atoms with Crippen molar-refractivity contribution >= 4 is 22.5 Å². The lowest BCUT2D eigenvalue weighted by atomic mass is 9.81. The molecule has 2 aliphatic rings. The van der Waals surface area contributed by atoms with Crippen molar-refractivity contribution in [2.24, 2.45) is 0 Å². The normalized spacial score (nSPS) is 19.5. The van der Waals surface area contributed by atoms with Crippen LogP contribution in [0.4, 0.5) is 0 Å². The fraction of sp³-hybridized carbons (Fsp3) is 0.368. The second-order valence-corrected chi connectivity index (χ2v) is 6.55. The number of benzene rings is 2. The molecule has 0 bridgehead atoms. The highest BCUT2D eigenvalue weighted by Crippen LogP contribution is 2.41. The van der Waals surface area contributed by atoms with Gasteiger partial charge in [-0.1, -0.05) is 30.3 Å². The van der Waals surface area contributed by atoms with E-state index < -0.39 is 5.60 Å². The fourth-order valence-corrected chi connectivity index (χ4v) is 3.78. The van der Waals surface area contributed by atoms with E-state index in [4.69, 9.17) is 4.74 Å². The maximum atomic E-state index is 12.8. The zero-order valence-corrected chi connectivity index (χ0v) is 13.2. The number of ether oxygens (including phenoxy) is 1. The van der Waals surface area contributed by atoms with Gasteiger partial charge in [0.2, 0.25) is 5.91 Å². The molecule has 0 atom stereocenters. The number of Topliss-reactive ketones (excluding diaryl/α,β-unsaturated/α-hetero) is 1. The molecular weight excluding hydrogens is 290 g/mol. The molecule has 0 aromatic heterocycles. The predicted molar refractivity (Wildman–Crippen MR) is 87.7 cm³/mol. The summed E-state index contributed by atoms with van der Waals surface area (Å²) in [5.41, 5.74) is 0.265. The summed E-state index contributed by atoms with van der Waals surface area (Å²) in [6, 6.07) is 11.8. The molecular formula is C19H19NO3. The smallest absolute Gasteiger partial charge is 0.219 e. The summed E-state index contributed by atoms with van der Waals surface area (Å²) in [5.74, 6) is 0.934. The molecule has 1 saturated heterocycles. The minimum absolute atomic E-state index is 0.0911. The van der Waals surface area contributed by atoms with Crippen LogP contribution in [0.1, 0.15) is 36.5 Å². The molecule has 0 aliphatic carbocycles. The monoisotopic (exact) mass is 309 g/mol. The van der Waals surface area contributed by atoms with Crippen molar-refractivity contribution in [1.29, 1.82) is 0 Å². The third-order valence-electron chi connectivity index (χ3n) is 5.10. The Morgan fingerprint density at radius 3 is 2.61 bits per heavy atom. The molecule has 4 heteroatoms. The van der Waals surface area contributed by atoms with Crippen LogP contribution in [0.15, 0.2) is 36.4 Å². The first-order valence-electron chi connectivity index (χ1n) is 8.07. The van der Waals surface area contributed by atoms with Crippen LogP contribution in [-0.4, -0.2) is 35.3 Å². The van der Waals surface area contributed by atoms with E-state index in [0.29, 0.717) is 43.7 Å². The van der Waals surface area contributed by atoms with Crippen LogP contribution < -0.4 is 4.74 Å². The van der Waals surface area contributed by atoms with Crippen LogP contribution >= 0.6 is 0 Å². The summed E-state index contributed by atoms with van der Waals surface area (Å²) in [5, 5.41) is 2.02. The van der Waals surface area contributed by atoms with E-state index in [1.54, 1.807) is 6.92 Å². The van der Waals surface area contributed by atoms with E-state index in [1.165, 1.54) is 0 Å². The van der Waals surface area contributed by atoms with Crippen molar-refractivity contribution in [3.63, 3.8) is 0 Å². The number of piperidine rings is 1. The van der Waals surface area contributed by atoms with Gasteiger partial charge in [-0.25, -0.2) is 0 Å². The maximum absolute atomic E-state index is 12.8. The number of fused-ring (bicyclic) bond motifs is 3. The topological polar surface area (TPSA) is 46.6 Å². The van der Waals surface area contributed by atoms with Crippen LogP contribution in [0.25, 0.3) is 10.8 Å². The van der Waals surface area contributed by atoms with E-state index in [9.17, 15) is 9.59 Å². The van der Waals surface area contributed by atoms with Gasteiger partial charge in [0, 0.05) is 32.9 Å². The van der Waals surface area contributed by atoms with Gasteiger partial charge in [0.25, 0.3) is 0 Å². The summed E-state index contributed by atoms with van der Waals surface area (Å²) in [7, 11) is 0. The lowest BCUT2D eigenvalue weighted by Crippen LogP contribution is -2.51. The lowest BCUT2D eigenvalue weighted by molar-refractivity contribution is -0.132. The van der Waals surface area contributed by atoms with Gasteiger partial charge in [-0.3, -0.25) is 9.59 Å². The van der Waals surface area contributed by atoms with Gasteiger partial charge in [0.1, 0.15) is 11.4 Å². The number of carbonyl (C=O) groups is 2. The zero-order valence-electron chi connectivity index (χ0n) is 13.2. The second-order valence-electron chi connectivity index (χ2n) is 6.55. The first kappa shape index (κ1) is 14.2. The number of likely N-dealkylation sites (tertiary alicyclic amines) is 1. The molecule has 2 heterocycles. The molecule has 0 N–H and O–H groups in total. The van der Waals surface area contributed by atoms with Crippen LogP contribution in [0.2, 0.25) is 0 Å². The summed E-state index contributed by atoms with van der Waals surface area (Å²) < 4.78 is 6.31. The van der Waals surface area contributed by atoms with Gasteiger partial charge in [0.15, 0.2) is 5.78 Å². The SMILES string of the molecule is CC(=O)N1CCC2(CC1)CC(=O)c1c(ccc3ccccc13)O2. The van der Waals surface area contributed by atoms with Crippen LogP contribution in [0.3, 0.4) is 0 Å². The fourth-order valence-electron chi connectivity index (χ4n) is 3.78. The molecule has 2 aromatic carbocycles. The number of hydrogen-bond acceptors (Lipinski definition) is 3. The molecule has 0 radical (unpaired) electrons. The standard InChI is InChI=1S/C19H19NO3/c1-13(21)20-10-8-19(9-11-20)12-16(22)18-15-5-3-2-4-14(15)6-7-17(18)23-19/h2-7H,8-12H2,1H3. The largest absolute Gasteiger partial charge is 0.486 e. The number of nitrogens with zero attached hydrogens (tertiary/aromatic N) is 1. The second kappa shape index (κ2) is 5.08. The lowest BCUT2D eigenvalue weighted by Gasteiger charge is -2.44. The molecule has 2 aromatic rings. The maximum Gasteiger partial charge on any atom is 0.219 e. The quantitative estimate of drug-likeness (QED) is 0.751. The van der Waals surface area contributed by atoms with Gasteiger partial charge in [-0.15, -0.1) is 0 Å². The molecule has 0 unspecified atom stereocenters. The Morgan fingerprint density at radius 1 is 1.13 bits per heavy atom. The molecule has 0 saturated carbocycles. The number of hydrogen-bond donors (Lipinski definition) is 0. The van der Waals surface area contributed by atoms with Gasteiger partial charge < -0.3 is 9.64 Å². The van der Waals surface area contributed by atoms with Gasteiger partial charge in [-0.05, 0) is 16.8 Å². The number of ketones is 1. The molecule has 2 aliphatic heterocycles. The average Bonchev–Trinajstić information content (AvgIpc) is 2.54. The van der Waals surface area contributed by atoms with Crippen LogP contribution in [0, 0.1) is 0 Å². The van der Waals surface area contributed by atoms with Crippen LogP contribution in [0.5, 0.6) is 5.75 Å². The third kappa shape index (κ3) is 2.29.